The number of guanidine groups is 1. The third kappa shape index (κ3) is 6.71. The molecule has 0 amide bonds. The molecule has 4 nitrogen and oxygen atoms in total. The van der Waals surface area contributed by atoms with Crippen molar-refractivity contribution in [1.82, 2.24) is 5.32 Å². The highest BCUT2D eigenvalue weighted by atomic mass is 16.3. The van der Waals surface area contributed by atoms with Crippen LogP contribution in [0, 0.1) is 5.41 Å². The summed E-state index contributed by atoms with van der Waals surface area (Å²) in [6, 6.07) is 0.305. The van der Waals surface area contributed by atoms with Gasteiger partial charge in [-0.2, -0.15) is 0 Å². The Labute approximate surface area is 86.6 Å². The van der Waals surface area contributed by atoms with Gasteiger partial charge in [0.2, 0.25) is 0 Å². The average molecular weight is 201 g/mol. The molecule has 0 aliphatic rings. The van der Waals surface area contributed by atoms with Gasteiger partial charge in [-0.3, -0.25) is 4.99 Å². The molecule has 0 saturated heterocycles. The van der Waals surface area contributed by atoms with Crippen molar-refractivity contribution in [1.29, 1.82) is 0 Å². The van der Waals surface area contributed by atoms with Crippen molar-refractivity contribution in [3.05, 3.63) is 0 Å². The third-order valence-corrected chi connectivity index (χ3v) is 1.90. The molecule has 14 heavy (non-hydrogen) atoms. The number of hydrogen-bond acceptors (Lipinski definition) is 2. The smallest absolute Gasteiger partial charge is 0.188 e. The predicted octanol–water partition coefficient (Wildman–Crippen LogP) is 0.708. The molecule has 0 aromatic heterocycles. The Bertz CT molecular complexity index is 188. The first-order valence-electron chi connectivity index (χ1n) is 5.05. The summed E-state index contributed by atoms with van der Waals surface area (Å²) in [7, 11) is 0. The van der Waals surface area contributed by atoms with E-state index >= 15 is 0 Å². The zero-order chi connectivity index (χ0) is 11.2. The molecule has 0 radical (unpaired) electrons. The lowest BCUT2D eigenvalue weighted by Gasteiger charge is -2.21. The molecule has 0 saturated carbocycles. The van der Waals surface area contributed by atoms with Crippen molar-refractivity contribution in [3.63, 3.8) is 0 Å². The Morgan fingerprint density at radius 3 is 2.50 bits per heavy atom. The van der Waals surface area contributed by atoms with E-state index in [1.54, 1.807) is 0 Å². The van der Waals surface area contributed by atoms with E-state index in [1.807, 2.05) is 13.8 Å². The number of hydrogen-bond donors (Lipinski definition) is 3. The molecule has 0 bridgehead atoms. The lowest BCUT2D eigenvalue weighted by Crippen LogP contribution is -2.37. The molecule has 84 valence electrons. The average Bonchev–Trinajstić information content (AvgIpc) is 2.00. The summed E-state index contributed by atoms with van der Waals surface area (Å²) in [6.45, 7) is 8.99. The molecule has 0 aliphatic heterocycles. The van der Waals surface area contributed by atoms with Crippen LogP contribution in [-0.2, 0) is 0 Å². The monoisotopic (exact) mass is 201 g/mol. The van der Waals surface area contributed by atoms with Crippen LogP contribution in [0.1, 0.15) is 34.1 Å². The number of aliphatic hydroxyl groups is 1. The summed E-state index contributed by atoms with van der Waals surface area (Å²) in [5, 5.41) is 11.8. The van der Waals surface area contributed by atoms with E-state index in [2.05, 4.69) is 24.2 Å². The van der Waals surface area contributed by atoms with E-state index in [0.717, 1.165) is 6.42 Å². The Kier molecular flexibility index (Phi) is 5.53. The van der Waals surface area contributed by atoms with Crippen LogP contribution in [0.15, 0.2) is 4.99 Å². The minimum atomic E-state index is 0.0119. The standard InChI is InChI=1S/C10H23N3O/c1-8(2)13-9(11)12-7-10(3,4)5-6-14/h8,14H,5-7H2,1-4H3,(H3,11,12,13). The lowest BCUT2D eigenvalue weighted by atomic mass is 9.90. The van der Waals surface area contributed by atoms with E-state index in [1.165, 1.54) is 0 Å². The van der Waals surface area contributed by atoms with Crippen LogP contribution < -0.4 is 11.1 Å². The molecule has 0 heterocycles. The van der Waals surface area contributed by atoms with Gasteiger partial charge in [-0.1, -0.05) is 13.8 Å². The van der Waals surface area contributed by atoms with Gasteiger partial charge >= 0.3 is 0 Å². The van der Waals surface area contributed by atoms with E-state index in [9.17, 15) is 0 Å². The molecular formula is C10H23N3O. The summed E-state index contributed by atoms with van der Waals surface area (Å²) in [5.74, 6) is 0.478. The van der Waals surface area contributed by atoms with Gasteiger partial charge in [-0.15, -0.1) is 0 Å². The van der Waals surface area contributed by atoms with Crippen LogP contribution in [0.5, 0.6) is 0 Å². The molecule has 0 aliphatic carbocycles. The minimum Gasteiger partial charge on any atom is -0.396 e. The van der Waals surface area contributed by atoms with Crippen LogP contribution in [0.25, 0.3) is 0 Å². The first-order chi connectivity index (χ1) is 6.37. The maximum Gasteiger partial charge on any atom is 0.188 e. The second kappa shape index (κ2) is 5.86. The molecular weight excluding hydrogens is 178 g/mol. The van der Waals surface area contributed by atoms with Crippen molar-refractivity contribution in [2.75, 3.05) is 13.2 Å². The van der Waals surface area contributed by atoms with Gasteiger partial charge in [-0.25, -0.2) is 0 Å². The normalized spacial score (nSPS) is 13.4. The molecule has 0 aromatic rings. The van der Waals surface area contributed by atoms with Gasteiger partial charge in [0.1, 0.15) is 0 Å². The summed E-state index contributed by atoms with van der Waals surface area (Å²) in [5.41, 5.74) is 5.67. The molecule has 0 atom stereocenters. The van der Waals surface area contributed by atoms with Crippen molar-refractivity contribution in [2.45, 2.75) is 40.2 Å². The molecule has 0 fully saturated rings. The van der Waals surface area contributed by atoms with E-state index in [0.29, 0.717) is 18.5 Å². The van der Waals surface area contributed by atoms with Crippen LogP contribution in [-0.4, -0.2) is 30.3 Å². The zero-order valence-electron chi connectivity index (χ0n) is 9.67. The quantitative estimate of drug-likeness (QED) is 0.453. The second-order valence-electron chi connectivity index (χ2n) is 4.64. The van der Waals surface area contributed by atoms with Gasteiger partial charge in [0, 0.05) is 19.2 Å². The summed E-state index contributed by atoms with van der Waals surface area (Å²) in [6.07, 6.45) is 0.742. The highest BCUT2D eigenvalue weighted by molar-refractivity contribution is 5.78. The summed E-state index contributed by atoms with van der Waals surface area (Å²) >= 11 is 0. The van der Waals surface area contributed by atoms with Crippen molar-refractivity contribution >= 4 is 5.96 Å². The SMILES string of the molecule is CC(C)NC(N)=NCC(C)(C)CCO. The van der Waals surface area contributed by atoms with Gasteiger partial charge < -0.3 is 16.2 Å². The van der Waals surface area contributed by atoms with Crippen LogP contribution >= 0.6 is 0 Å². The zero-order valence-corrected chi connectivity index (χ0v) is 9.67. The topological polar surface area (TPSA) is 70.6 Å². The van der Waals surface area contributed by atoms with Gasteiger partial charge in [0.05, 0.1) is 0 Å². The largest absolute Gasteiger partial charge is 0.396 e. The number of nitrogens with one attached hydrogen (secondary N) is 1. The summed E-state index contributed by atoms with van der Waals surface area (Å²) < 4.78 is 0. The minimum absolute atomic E-state index is 0.0119. The molecule has 4 heteroatoms. The van der Waals surface area contributed by atoms with Gasteiger partial charge in [0.25, 0.3) is 0 Å². The Hall–Kier alpha value is -0.770. The van der Waals surface area contributed by atoms with Crippen LogP contribution in [0.3, 0.4) is 0 Å². The predicted molar refractivity (Wildman–Crippen MR) is 60.2 cm³/mol. The van der Waals surface area contributed by atoms with E-state index < -0.39 is 0 Å². The number of aliphatic hydroxyl groups excluding tert-OH is 1. The molecule has 0 rings (SSSR count). The first kappa shape index (κ1) is 13.2. The maximum absolute atomic E-state index is 8.82. The highest BCUT2D eigenvalue weighted by Gasteiger charge is 2.16. The second-order valence-corrected chi connectivity index (χ2v) is 4.64. The van der Waals surface area contributed by atoms with Crippen LogP contribution in [0.2, 0.25) is 0 Å². The lowest BCUT2D eigenvalue weighted by molar-refractivity contribution is 0.217. The van der Waals surface area contributed by atoms with Crippen molar-refractivity contribution in [3.8, 4) is 0 Å². The number of nitrogens with zero attached hydrogens (tertiary/aromatic N) is 1. The molecule has 4 N–H and O–H groups in total. The fourth-order valence-electron chi connectivity index (χ4n) is 1.02. The maximum atomic E-state index is 8.82. The van der Waals surface area contributed by atoms with E-state index in [-0.39, 0.29) is 12.0 Å². The third-order valence-electron chi connectivity index (χ3n) is 1.90. The van der Waals surface area contributed by atoms with Crippen molar-refractivity contribution in [2.24, 2.45) is 16.1 Å². The van der Waals surface area contributed by atoms with E-state index in [4.69, 9.17) is 10.8 Å². The Balaban J connectivity index is 4.00. The number of rotatable bonds is 5. The molecule has 0 aromatic carbocycles. The fourth-order valence-corrected chi connectivity index (χ4v) is 1.02. The molecule has 0 spiro atoms. The Morgan fingerprint density at radius 2 is 2.07 bits per heavy atom. The van der Waals surface area contributed by atoms with Gasteiger partial charge in [0.15, 0.2) is 5.96 Å². The van der Waals surface area contributed by atoms with Gasteiger partial charge in [-0.05, 0) is 25.7 Å². The van der Waals surface area contributed by atoms with Crippen molar-refractivity contribution < 1.29 is 5.11 Å². The Morgan fingerprint density at radius 1 is 1.50 bits per heavy atom. The first-order valence-corrected chi connectivity index (χ1v) is 5.05. The molecule has 0 unspecified atom stereocenters. The highest BCUT2D eigenvalue weighted by Crippen LogP contribution is 2.19. The number of aliphatic imine (C=N–C) groups is 1. The fraction of sp³-hybridized carbons (Fsp3) is 0.900. The van der Waals surface area contributed by atoms with Crippen LogP contribution in [0.4, 0.5) is 0 Å². The summed E-state index contributed by atoms with van der Waals surface area (Å²) in [4.78, 5) is 4.23. The number of nitrogens with two attached hydrogens (primary N) is 1.